The van der Waals surface area contributed by atoms with Gasteiger partial charge in [0, 0.05) is 10.3 Å². The molecule has 0 aliphatic rings. The molecular formula is C9H14ClNS. The van der Waals surface area contributed by atoms with E-state index in [9.17, 15) is 0 Å². The zero-order valence-corrected chi connectivity index (χ0v) is 9.00. The van der Waals surface area contributed by atoms with Crippen molar-refractivity contribution in [3.8, 4) is 0 Å². The lowest BCUT2D eigenvalue weighted by molar-refractivity contribution is 0.497. The van der Waals surface area contributed by atoms with E-state index in [-0.39, 0.29) is 5.41 Å². The molecular weight excluding hydrogens is 190 g/mol. The van der Waals surface area contributed by atoms with Crippen molar-refractivity contribution in [1.29, 1.82) is 0 Å². The molecule has 1 rings (SSSR count). The molecule has 1 heterocycles. The number of hydrogen-bond acceptors (Lipinski definition) is 2. The van der Waals surface area contributed by atoms with Crippen LogP contribution in [-0.2, 0) is 5.41 Å². The Kier molecular flexibility index (Phi) is 3.16. The van der Waals surface area contributed by atoms with Gasteiger partial charge in [-0.25, -0.2) is 0 Å². The van der Waals surface area contributed by atoms with Gasteiger partial charge in [0.05, 0.1) is 5.02 Å². The normalized spacial score (nSPS) is 12.0. The quantitative estimate of drug-likeness (QED) is 0.803. The first-order chi connectivity index (χ1) is 5.58. The van der Waals surface area contributed by atoms with Gasteiger partial charge >= 0.3 is 0 Å². The highest BCUT2D eigenvalue weighted by Gasteiger charge is 2.23. The summed E-state index contributed by atoms with van der Waals surface area (Å²) < 4.78 is 0. The zero-order valence-electron chi connectivity index (χ0n) is 7.43. The molecule has 3 heteroatoms. The summed E-state index contributed by atoms with van der Waals surface area (Å²) >= 11 is 7.74. The van der Waals surface area contributed by atoms with Gasteiger partial charge in [0.25, 0.3) is 0 Å². The first kappa shape index (κ1) is 10.0. The van der Waals surface area contributed by atoms with Gasteiger partial charge in [0.2, 0.25) is 0 Å². The molecule has 0 aliphatic carbocycles. The van der Waals surface area contributed by atoms with Crippen LogP contribution in [0.15, 0.2) is 11.4 Å². The molecule has 1 aromatic rings. The van der Waals surface area contributed by atoms with E-state index in [1.54, 1.807) is 11.3 Å². The third kappa shape index (κ3) is 2.00. The Morgan fingerprint density at radius 2 is 2.25 bits per heavy atom. The Morgan fingerprint density at radius 1 is 1.58 bits per heavy atom. The number of thiophene rings is 1. The largest absolute Gasteiger partial charge is 0.330 e. The highest BCUT2D eigenvalue weighted by Crippen LogP contribution is 2.36. The van der Waals surface area contributed by atoms with Crippen molar-refractivity contribution in [3.63, 3.8) is 0 Å². The molecule has 1 nitrogen and oxygen atoms in total. The molecule has 0 amide bonds. The molecule has 0 saturated heterocycles. The minimum absolute atomic E-state index is 0.125. The highest BCUT2D eigenvalue weighted by molar-refractivity contribution is 7.10. The van der Waals surface area contributed by atoms with Crippen LogP contribution in [0.1, 0.15) is 25.1 Å². The van der Waals surface area contributed by atoms with Gasteiger partial charge in [-0.3, -0.25) is 0 Å². The lowest BCUT2D eigenvalue weighted by atomic mass is 9.88. The van der Waals surface area contributed by atoms with Crippen molar-refractivity contribution in [2.45, 2.75) is 25.7 Å². The van der Waals surface area contributed by atoms with Crippen LogP contribution in [0.25, 0.3) is 0 Å². The second-order valence-electron chi connectivity index (χ2n) is 3.52. The third-order valence-electron chi connectivity index (χ3n) is 2.00. The lowest BCUT2D eigenvalue weighted by Crippen LogP contribution is -2.20. The van der Waals surface area contributed by atoms with E-state index in [4.69, 9.17) is 17.3 Å². The molecule has 68 valence electrons. The molecule has 1 aromatic heterocycles. The molecule has 0 aromatic carbocycles. The van der Waals surface area contributed by atoms with E-state index >= 15 is 0 Å². The molecule has 0 spiro atoms. The van der Waals surface area contributed by atoms with Crippen LogP contribution in [0.3, 0.4) is 0 Å². The molecule has 0 saturated carbocycles. The minimum atomic E-state index is 0.125. The summed E-state index contributed by atoms with van der Waals surface area (Å²) in [7, 11) is 0. The van der Waals surface area contributed by atoms with Gasteiger partial charge in [-0.15, -0.1) is 11.3 Å². The van der Waals surface area contributed by atoms with Crippen molar-refractivity contribution in [1.82, 2.24) is 0 Å². The van der Waals surface area contributed by atoms with Gasteiger partial charge in [0.15, 0.2) is 0 Å². The third-order valence-corrected chi connectivity index (χ3v) is 3.71. The summed E-state index contributed by atoms with van der Waals surface area (Å²) in [4.78, 5) is 1.25. The van der Waals surface area contributed by atoms with Gasteiger partial charge in [-0.05, 0) is 24.4 Å². The van der Waals surface area contributed by atoms with Crippen molar-refractivity contribution in [2.24, 2.45) is 5.73 Å². The van der Waals surface area contributed by atoms with E-state index < -0.39 is 0 Å². The maximum atomic E-state index is 6.03. The maximum absolute atomic E-state index is 6.03. The SMILES string of the molecule is CC(C)(CCN)c1sccc1Cl. The van der Waals surface area contributed by atoms with Crippen LogP contribution in [0, 0.1) is 0 Å². The Bertz CT molecular complexity index is 255. The highest BCUT2D eigenvalue weighted by atomic mass is 35.5. The van der Waals surface area contributed by atoms with E-state index in [2.05, 4.69) is 13.8 Å². The summed E-state index contributed by atoms with van der Waals surface area (Å²) in [6.07, 6.45) is 0.979. The van der Waals surface area contributed by atoms with Crippen molar-refractivity contribution >= 4 is 22.9 Å². The average Bonchev–Trinajstić information content (AvgIpc) is 2.35. The zero-order chi connectivity index (χ0) is 9.19. The number of halogens is 1. The number of nitrogens with two attached hydrogens (primary N) is 1. The number of rotatable bonds is 3. The molecule has 0 fully saturated rings. The Morgan fingerprint density at radius 3 is 2.67 bits per heavy atom. The second-order valence-corrected chi connectivity index (χ2v) is 4.84. The molecule has 0 atom stereocenters. The topological polar surface area (TPSA) is 26.0 Å². The van der Waals surface area contributed by atoms with E-state index in [1.807, 2.05) is 11.4 Å². The summed E-state index contributed by atoms with van der Waals surface area (Å²) in [5.74, 6) is 0. The van der Waals surface area contributed by atoms with E-state index in [0.717, 1.165) is 11.4 Å². The molecule has 0 radical (unpaired) electrons. The van der Waals surface area contributed by atoms with Crippen LogP contribution in [0.2, 0.25) is 5.02 Å². The van der Waals surface area contributed by atoms with Crippen molar-refractivity contribution in [3.05, 3.63) is 21.3 Å². The van der Waals surface area contributed by atoms with Crippen LogP contribution in [-0.4, -0.2) is 6.54 Å². The van der Waals surface area contributed by atoms with Crippen LogP contribution >= 0.6 is 22.9 Å². The molecule has 0 unspecified atom stereocenters. The smallest absolute Gasteiger partial charge is 0.0550 e. The van der Waals surface area contributed by atoms with Crippen LogP contribution in [0.5, 0.6) is 0 Å². The fourth-order valence-corrected chi connectivity index (χ4v) is 2.72. The monoisotopic (exact) mass is 203 g/mol. The first-order valence-electron chi connectivity index (χ1n) is 4.01. The Balaban J connectivity index is 2.88. The maximum Gasteiger partial charge on any atom is 0.0550 e. The first-order valence-corrected chi connectivity index (χ1v) is 5.27. The van der Waals surface area contributed by atoms with Gasteiger partial charge in [0.1, 0.15) is 0 Å². The van der Waals surface area contributed by atoms with E-state index in [0.29, 0.717) is 6.54 Å². The van der Waals surface area contributed by atoms with Crippen molar-refractivity contribution < 1.29 is 0 Å². The summed E-state index contributed by atoms with van der Waals surface area (Å²) in [6.45, 7) is 5.07. The second kappa shape index (κ2) is 3.77. The number of hydrogen-bond donors (Lipinski definition) is 1. The van der Waals surface area contributed by atoms with Crippen molar-refractivity contribution in [2.75, 3.05) is 6.54 Å². The molecule has 0 bridgehead atoms. The predicted molar refractivity (Wildman–Crippen MR) is 56.0 cm³/mol. The lowest BCUT2D eigenvalue weighted by Gasteiger charge is -2.22. The Labute approximate surface area is 82.5 Å². The molecule has 0 aliphatic heterocycles. The van der Waals surface area contributed by atoms with Gasteiger partial charge in [-0.2, -0.15) is 0 Å². The van der Waals surface area contributed by atoms with E-state index in [1.165, 1.54) is 4.88 Å². The fourth-order valence-electron chi connectivity index (χ4n) is 1.25. The Hall–Kier alpha value is -0.0500. The molecule has 2 N–H and O–H groups in total. The predicted octanol–water partition coefficient (Wildman–Crippen LogP) is 3.03. The van der Waals surface area contributed by atoms with Gasteiger partial charge in [-0.1, -0.05) is 25.4 Å². The van der Waals surface area contributed by atoms with Crippen LogP contribution < -0.4 is 5.73 Å². The van der Waals surface area contributed by atoms with Crippen LogP contribution in [0.4, 0.5) is 0 Å². The summed E-state index contributed by atoms with van der Waals surface area (Å²) in [5, 5.41) is 2.90. The average molecular weight is 204 g/mol. The summed E-state index contributed by atoms with van der Waals surface area (Å²) in [6, 6.07) is 1.94. The minimum Gasteiger partial charge on any atom is -0.330 e. The molecule has 12 heavy (non-hydrogen) atoms. The summed E-state index contributed by atoms with van der Waals surface area (Å²) in [5.41, 5.74) is 5.66. The fraction of sp³-hybridized carbons (Fsp3) is 0.556. The standard InChI is InChI=1S/C9H14ClNS/c1-9(2,4-5-11)8-7(10)3-6-12-8/h3,6H,4-5,11H2,1-2H3. The van der Waals surface area contributed by atoms with Gasteiger partial charge < -0.3 is 5.73 Å².